The minimum Gasteiger partial charge on any atom is -0.336 e. The maximum Gasteiger partial charge on any atom is 0.236 e. The van der Waals surface area contributed by atoms with Crippen LogP contribution in [-0.2, 0) is 11.3 Å². The van der Waals surface area contributed by atoms with Gasteiger partial charge in [0.05, 0.1) is 6.54 Å². The van der Waals surface area contributed by atoms with Crippen molar-refractivity contribution < 1.29 is 9.18 Å². The van der Waals surface area contributed by atoms with Gasteiger partial charge in [-0.1, -0.05) is 22.0 Å². The van der Waals surface area contributed by atoms with Gasteiger partial charge in [0.1, 0.15) is 5.82 Å². The Hall–Kier alpha value is -0.690. The van der Waals surface area contributed by atoms with Gasteiger partial charge in [-0.05, 0) is 31.5 Å². The number of carbonyl (C=O) groups is 1. The molecule has 0 bridgehead atoms. The Labute approximate surface area is 150 Å². The van der Waals surface area contributed by atoms with Crippen LogP contribution < -0.4 is 5.32 Å². The van der Waals surface area contributed by atoms with Crippen LogP contribution in [0.15, 0.2) is 22.7 Å². The highest BCUT2D eigenvalue weighted by Gasteiger charge is 2.30. The molecule has 0 spiro atoms. The number of hydrogen-bond donors (Lipinski definition) is 1. The van der Waals surface area contributed by atoms with E-state index in [4.69, 9.17) is 0 Å². The van der Waals surface area contributed by atoms with E-state index < -0.39 is 0 Å². The minimum atomic E-state index is -0.172. The zero-order chi connectivity index (χ0) is 15.5. The Kier molecular flexibility index (Phi) is 6.83. The fourth-order valence-corrected chi connectivity index (χ4v) is 3.81. The Morgan fingerprint density at radius 1 is 1.35 bits per heavy atom. The van der Waals surface area contributed by atoms with E-state index in [1.54, 1.807) is 6.07 Å². The number of piperidine rings is 1. The maximum absolute atomic E-state index is 14.0. The molecule has 1 N–H and O–H groups in total. The molecule has 1 atom stereocenters. The first-order valence-corrected chi connectivity index (χ1v) is 8.60. The number of nitrogens with one attached hydrogen (secondary N) is 1. The Bertz CT molecular complexity index is 540. The molecule has 1 aromatic rings. The minimum absolute atomic E-state index is 0. The Balaban J connectivity index is 0.00000192. The van der Waals surface area contributed by atoms with Crippen LogP contribution in [0.5, 0.6) is 0 Å². The van der Waals surface area contributed by atoms with E-state index in [0.29, 0.717) is 18.7 Å². The smallest absolute Gasteiger partial charge is 0.236 e. The summed E-state index contributed by atoms with van der Waals surface area (Å²) in [5, 5.41) is 3.11. The van der Waals surface area contributed by atoms with Gasteiger partial charge >= 0.3 is 0 Å². The number of hydrogen-bond acceptors (Lipinski definition) is 3. The SMILES string of the molecule is Cl.O=C1CNCCN1C1CCCN(Cc2c(F)cccc2Br)C1. The van der Waals surface area contributed by atoms with Gasteiger partial charge in [-0.25, -0.2) is 4.39 Å². The average molecular weight is 407 g/mol. The average Bonchev–Trinajstić information content (AvgIpc) is 2.52. The number of likely N-dealkylation sites (tertiary alicyclic amines) is 1. The van der Waals surface area contributed by atoms with Gasteiger partial charge in [-0.15, -0.1) is 12.4 Å². The first-order chi connectivity index (χ1) is 10.6. The fourth-order valence-electron chi connectivity index (χ4n) is 3.34. The molecule has 0 radical (unpaired) electrons. The molecule has 2 aliphatic heterocycles. The predicted molar refractivity (Wildman–Crippen MR) is 94.2 cm³/mol. The van der Waals surface area contributed by atoms with Crippen molar-refractivity contribution in [1.82, 2.24) is 15.1 Å². The second-order valence-corrected chi connectivity index (χ2v) is 6.85. The summed E-state index contributed by atoms with van der Waals surface area (Å²) in [6, 6.07) is 5.34. The lowest BCUT2D eigenvalue weighted by Gasteiger charge is -2.41. The van der Waals surface area contributed by atoms with Gasteiger partial charge in [-0.2, -0.15) is 0 Å². The normalized spacial score (nSPS) is 22.8. The monoisotopic (exact) mass is 405 g/mol. The Morgan fingerprint density at radius 2 is 2.17 bits per heavy atom. The molecule has 1 amide bonds. The van der Waals surface area contributed by atoms with Crippen molar-refractivity contribution in [1.29, 1.82) is 0 Å². The summed E-state index contributed by atoms with van der Waals surface area (Å²) in [4.78, 5) is 16.3. The molecular weight excluding hydrogens is 385 g/mol. The summed E-state index contributed by atoms with van der Waals surface area (Å²) in [5.41, 5.74) is 0.704. The first-order valence-electron chi connectivity index (χ1n) is 7.80. The lowest BCUT2D eigenvalue weighted by Crippen LogP contribution is -2.56. The molecule has 2 fully saturated rings. The molecule has 2 heterocycles. The van der Waals surface area contributed by atoms with Crippen LogP contribution in [-0.4, -0.2) is 54.5 Å². The zero-order valence-corrected chi connectivity index (χ0v) is 15.3. The fraction of sp³-hybridized carbons (Fsp3) is 0.562. The van der Waals surface area contributed by atoms with Crippen molar-refractivity contribution in [3.63, 3.8) is 0 Å². The van der Waals surface area contributed by atoms with Gasteiger partial charge < -0.3 is 10.2 Å². The van der Waals surface area contributed by atoms with Crippen LogP contribution in [0.4, 0.5) is 4.39 Å². The third-order valence-corrected chi connectivity index (χ3v) is 5.23. The maximum atomic E-state index is 14.0. The summed E-state index contributed by atoms with van der Waals surface area (Å²) in [6.45, 7) is 4.45. The third-order valence-electron chi connectivity index (χ3n) is 4.49. The molecule has 0 aliphatic carbocycles. The topological polar surface area (TPSA) is 35.6 Å². The first kappa shape index (κ1) is 18.6. The number of amides is 1. The second kappa shape index (κ2) is 8.42. The zero-order valence-electron chi connectivity index (χ0n) is 12.9. The molecule has 23 heavy (non-hydrogen) atoms. The van der Waals surface area contributed by atoms with E-state index in [0.717, 1.165) is 43.5 Å². The highest BCUT2D eigenvalue weighted by Crippen LogP contribution is 2.24. The molecule has 1 aromatic carbocycles. The van der Waals surface area contributed by atoms with E-state index in [1.807, 2.05) is 11.0 Å². The summed E-state index contributed by atoms with van der Waals surface area (Å²) >= 11 is 3.44. The highest BCUT2D eigenvalue weighted by atomic mass is 79.9. The molecule has 0 saturated carbocycles. The van der Waals surface area contributed by atoms with Crippen LogP contribution >= 0.6 is 28.3 Å². The van der Waals surface area contributed by atoms with Crippen molar-refractivity contribution in [2.24, 2.45) is 0 Å². The van der Waals surface area contributed by atoms with Crippen molar-refractivity contribution in [2.45, 2.75) is 25.4 Å². The standard InChI is InChI=1S/C16H21BrFN3O.ClH/c17-14-4-1-5-15(18)13(14)11-20-7-2-3-12(10-20)21-8-6-19-9-16(21)22;/h1,4-5,12,19H,2-3,6-11H2;1H. The molecule has 2 saturated heterocycles. The second-order valence-electron chi connectivity index (χ2n) is 6.00. The lowest BCUT2D eigenvalue weighted by atomic mass is 10.0. The molecule has 7 heteroatoms. The van der Waals surface area contributed by atoms with Crippen molar-refractivity contribution in [2.75, 3.05) is 32.7 Å². The van der Waals surface area contributed by atoms with E-state index in [-0.39, 0.29) is 30.2 Å². The quantitative estimate of drug-likeness (QED) is 0.837. The van der Waals surface area contributed by atoms with Crippen LogP contribution in [0.3, 0.4) is 0 Å². The van der Waals surface area contributed by atoms with Gasteiger partial charge in [0.15, 0.2) is 0 Å². The lowest BCUT2D eigenvalue weighted by molar-refractivity contribution is -0.135. The van der Waals surface area contributed by atoms with Crippen LogP contribution in [0.1, 0.15) is 18.4 Å². The highest BCUT2D eigenvalue weighted by molar-refractivity contribution is 9.10. The molecule has 1 unspecified atom stereocenters. The van der Waals surface area contributed by atoms with E-state index in [2.05, 4.69) is 26.1 Å². The largest absolute Gasteiger partial charge is 0.336 e. The van der Waals surface area contributed by atoms with Crippen molar-refractivity contribution in [3.05, 3.63) is 34.1 Å². The van der Waals surface area contributed by atoms with E-state index in [9.17, 15) is 9.18 Å². The number of halogens is 3. The van der Waals surface area contributed by atoms with Gasteiger partial charge in [0.2, 0.25) is 5.91 Å². The predicted octanol–water partition coefficient (Wildman–Crippen LogP) is 2.41. The van der Waals surface area contributed by atoms with Gasteiger partial charge in [0.25, 0.3) is 0 Å². The summed E-state index contributed by atoms with van der Waals surface area (Å²) in [7, 11) is 0. The summed E-state index contributed by atoms with van der Waals surface area (Å²) in [6.07, 6.45) is 2.09. The molecule has 3 rings (SSSR count). The van der Waals surface area contributed by atoms with E-state index >= 15 is 0 Å². The van der Waals surface area contributed by atoms with Crippen molar-refractivity contribution >= 4 is 34.2 Å². The summed E-state index contributed by atoms with van der Waals surface area (Å²) < 4.78 is 14.8. The van der Waals surface area contributed by atoms with Gasteiger partial charge in [-0.3, -0.25) is 9.69 Å². The molecule has 0 aromatic heterocycles. The molecular formula is C16H22BrClFN3O. The number of benzene rings is 1. The molecule has 128 valence electrons. The number of nitrogens with zero attached hydrogens (tertiary/aromatic N) is 2. The summed E-state index contributed by atoms with van der Waals surface area (Å²) in [5.74, 6) is 0.0138. The number of carbonyl (C=O) groups excluding carboxylic acids is 1. The van der Waals surface area contributed by atoms with Crippen LogP contribution in [0, 0.1) is 5.82 Å². The van der Waals surface area contributed by atoms with E-state index in [1.165, 1.54) is 6.07 Å². The Morgan fingerprint density at radius 3 is 2.91 bits per heavy atom. The number of piperazine rings is 1. The van der Waals surface area contributed by atoms with Crippen molar-refractivity contribution in [3.8, 4) is 0 Å². The van der Waals surface area contributed by atoms with Crippen LogP contribution in [0.25, 0.3) is 0 Å². The molecule has 2 aliphatic rings. The molecule has 4 nitrogen and oxygen atoms in total. The third kappa shape index (κ3) is 4.44. The number of rotatable bonds is 3. The van der Waals surface area contributed by atoms with Gasteiger partial charge in [0, 0.05) is 42.3 Å². The van der Waals surface area contributed by atoms with Crippen LogP contribution in [0.2, 0.25) is 0 Å².